The topological polar surface area (TPSA) is 29.6 Å². The highest BCUT2D eigenvalue weighted by atomic mass is 16.6. The third kappa shape index (κ3) is 2.44. The van der Waals surface area contributed by atoms with Crippen LogP contribution < -0.4 is 0 Å². The maximum Gasteiger partial charge on any atom is 0.170 e. The predicted octanol–water partition coefficient (Wildman–Crippen LogP) is 7.61. The fourth-order valence-corrected chi connectivity index (χ4v) is 12.0. The fraction of sp³-hybridized carbons (Fsp3) is 0.903. The molecule has 0 radical (unpaired) electrons. The number of carbonyl (C=O) groups excluding carboxylic acids is 1. The number of hydrogen-bond donors (Lipinski definition) is 0. The normalized spacial score (nSPS) is 58.4. The molecule has 0 aromatic heterocycles. The molecule has 1 aliphatic heterocycles. The van der Waals surface area contributed by atoms with E-state index in [4.69, 9.17) is 4.74 Å². The van der Waals surface area contributed by atoms with Gasteiger partial charge in [0.1, 0.15) is 6.10 Å². The Labute approximate surface area is 202 Å². The van der Waals surface area contributed by atoms with Gasteiger partial charge >= 0.3 is 0 Å². The fourth-order valence-electron chi connectivity index (χ4n) is 12.0. The van der Waals surface area contributed by atoms with E-state index in [0.29, 0.717) is 33.9 Å². The molecule has 5 saturated carbocycles. The third-order valence-corrected chi connectivity index (χ3v) is 14.0. The largest absolute Gasteiger partial charge is 0.361 e. The number of carbonyl (C=O) groups is 1. The molecule has 6 aliphatic rings. The van der Waals surface area contributed by atoms with E-state index in [9.17, 15) is 4.79 Å². The predicted molar refractivity (Wildman–Crippen MR) is 134 cm³/mol. The first kappa shape index (κ1) is 22.8. The summed E-state index contributed by atoms with van der Waals surface area (Å²) >= 11 is 0. The van der Waals surface area contributed by atoms with Crippen LogP contribution in [0.25, 0.3) is 0 Å². The average molecular weight is 453 g/mol. The molecule has 0 aromatic rings. The Bertz CT molecular complexity index is 903. The summed E-state index contributed by atoms with van der Waals surface area (Å²) in [6, 6.07) is 0. The third-order valence-electron chi connectivity index (χ3n) is 14.0. The summed E-state index contributed by atoms with van der Waals surface area (Å²) in [6.45, 7) is 21.7. The first-order valence-corrected chi connectivity index (χ1v) is 14.2. The van der Waals surface area contributed by atoms with Crippen molar-refractivity contribution >= 4 is 5.78 Å². The van der Waals surface area contributed by atoms with Gasteiger partial charge in [0.15, 0.2) is 5.78 Å². The maximum absolute atomic E-state index is 13.2. The number of fused-ring (bicyclic) bond motifs is 9. The SMILES string of the molecule is C=C(C)[C@@H]1CC[C@]2(CC)CC[C@]3(C)[C@H](CC[C@@H]4[C@@]5(C)[C@H]6O[C@H]6C(=O)C(C)(C)[C@@H]5CC[C@]43C)[C@@H]12. The van der Waals surface area contributed by atoms with E-state index in [1.807, 2.05) is 0 Å². The van der Waals surface area contributed by atoms with Gasteiger partial charge in [-0.25, -0.2) is 0 Å². The van der Waals surface area contributed by atoms with Gasteiger partial charge in [-0.3, -0.25) is 4.79 Å². The molecular formula is C31H48O2. The van der Waals surface area contributed by atoms with Crippen molar-refractivity contribution in [2.24, 2.45) is 56.7 Å². The van der Waals surface area contributed by atoms with Crippen LogP contribution in [0.5, 0.6) is 0 Å². The van der Waals surface area contributed by atoms with Crippen LogP contribution in [0.3, 0.4) is 0 Å². The first-order valence-electron chi connectivity index (χ1n) is 14.2. The molecule has 184 valence electrons. The Balaban J connectivity index is 1.42. The van der Waals surface area contributed by atoms with Crippen LogP contribution in [0, 0.1) is 56.7 Å². The number of rotatable bonds is 2. The Morgan fingerprint density at radius 3 is 2.33 bits per heavy atom. The second kappa shape index (κ2) is 6.57. The van der Waals surface area contributed by atoms with Gasteiger partial charge in [-0.15, -0.1) is 0 Å². The number of allylic oxidation sites excluding steroid dienone is 1. The highest BCUT2D eigenvalue weighted by Gasteiger charge is 2.77. The lowest BCUT2D eigenvalue weighted by molar-refractivity contribution is -0.233. The molecule has 6 rings (SSSR count). The molecule has 0 amide bonds. The van der Waals surface area contributed by atoms with Crippen molar-refractivity contribution in [1.29, 1.82) is 0 Å². The van der Waals surface area contributed by atoms with Gasteiger partial charge in [0, 0.05) is 10.8 Å². The molecule has 6 fully saturated rings. The van der Waals surface area contributed by atoms with Crippen LogP contribution in [-0.2, 0) is 9.53 Å². The summed E-state index contributed by atoms with van der Waals surface area (Å²) in [5.41, 5.74) is 2.64. The molecule has 0 aromatic carbocycles. The van der Waals surface area contributed by atoms with E-state index >= 15 is 0 Å². The molecule has 1 saturated heterocycles. The molecular weight excluding hydrogens is 404 g/mol. The molecule has 0 spiro atoms. The van der Waals surface area contributed by atoms with Crippen molar-refractivity contribution in [1.82, 2.24) is 0 Å². The van der Waals surface area contributed by atoms with Gasteiger partial charge in [-0.1, -0.05) is 60.1 Å². The van der Waals surface area contributed by atoms with Crippen molar-refractivity contribution in [3.05, 3.63) is 12.2 Å². The molecule has 0 bridgehead atoms. The zero-order valence-corrected chi connectivity index (χ0v) is 22.4. The van der Waals surface area contributed by atoms with Gasteiger partial charge in [0.05, 0.1) is 6.10 Å². The number of Topliss-reactive ketones (excluding diaryl/α,β-unsaturated/α-hetero) is 1. The minimum absolute atomic E-state index is 0.115. The highest BCUT2D eigenvalue weighted by molar-refractivity contribution is 5.92. The molecule has 33 heavy (non-hydrogen) atoms. The van der Waals surface area contributed by atoms with Gasteiger partial charge in [0.2, 0.25) is 0 Å². The highest BCUT2D eigenvalue weighted by Crippen LogP contribution is 2.78. The lowest BCUT2D eigenvalue weighted by Gasteiger charge is -2.72. The summed E-state index contributed by atoms with van der Waals surface area (Å²) in [5, 5.41) is 0. The minimum Gasteiger partial charge on any atom is -0.361 e. The maximum atomic E-state index is 13.2. The van der Waals surface area contributed by atoms with Crippen molar-refractivity contribution in [3.8, 4) is 0 Å². The Hall–Kier alpha value is -0.630. The second-order valence-electron chi connectivity index (χ2n) is 14.8. The monoisotopic (exact) mass is 452 g/mol. The number of hydrogen-bond acceptors (Lipinski definition) is 2. The smallest absolute Gasteiger partial charge is 0.170 e. The quantitative estimate of drug-likeness (QED) is 0.319. The van der Waals surface area contributed by atoms with E-state index in [2.05, 4.69) is 55.0 Å². The number of ketones is 1. The lowest BCUT2D eigenvalue weighted by atomic mass is 9.32. The van der Waals surface area contributed by atoms with Crippen LogP contribution in [0.1, 0.15) is 106 Å². The van der Waals surface area contributed by atoms with Gasteiger partial charge in [-0.05, 0) is 104 Å². The van der Waals surface area contributed by atoms with E-state index < -0.39 is 0 Å². The standard InChI is InChI=1S/C31H48O2/c1-9-31-15-12-19(18(2)3)23(31)20-10-11-22-29(7,28(20,6)16-17-31)14-13-21-27(4,5)25(32)24-26(33-24)30(21,22)8/h19-24,26H,2,9-17H2,1,3-8H3/t19-,20+,21-,22-,23+,24-,26-,28+,29+,30-,31+/m0/s1. The van der Waals surface area contributed by atoms with Gasteiger partial charge < -0.3 is 4.74 Å². The van der Waals surface area contributed by atoms with E-state index in [0.717, 1.165) is 17.8 Å². The molecule has 0 unspecified atom stereocenters. The van der Waals surface area contributed by atoms with Crippen molar-refractivity contribution in [2.45, 2.75) is 118 Å². The summed E-state index contributed by atoms with van der Waals surface area (Å²) in [5.74, 6) is 3.91. The molecule has 5 aliphatic carbocycles. The van der Waals surface area contributed by atoms with Crippen molar-refractivity contribution in [3.63, 3.8) is 0 Å². The molecule has 2 nitrogen and oxygen atoms in total. The Morgan fingerprint density at radius 1 is 0.939 bits per heavy atom. The summed E-state index contributed by atoms with van der Waals surface area (Å²) in [7, 11) is 0. The minimum atomic E-state index is -0.244. The Morgan fingerprint density at radius 2 is 1.67 bits per heavy atom. The van der Waals surface area contributed by atoms with Crippen LogP contribution in [0.2, 0.25) is 0 Å². The summed E-state index contributed by atoms with van der Waals surface area (Å²) < 4.78 is 6.25. The zero-order valence-electron chi connectivity index (χ0n) is 22.4. The van der Waals surface area contributed by atoms with E-state index in [-0.39, 0.29) is 23.0 Å². The van der Waals surface area contributed by atoms with Crippen molar-refractivity contribution in [2.75, 3.05) is 0 Å². The Kier molecular flexibility index (Phi) is 4.54. The van der Waals surface area contributed by atoms with Gasteiger partial charge in [0.25, 0.3) is 0 Å². The van der Waals surface area contributed by atoms with Crippen LogP contribution in [0.4, 0.5) is 0 Å². The van der Waals surface area contributed by atoms with Crippen LogP contribution in [-0.4, -0.2) is 18.0 Å². The zero-order chi connectivity index (χ0) is 23.8. The molecule has 0 N–H and O–H groups in total. The molecule has 2 heteroatoms. The van der Waals surface area contributed by atoms with Gasteiger partial charge in [-0.2, -0.15) is 0 Å². The first-order chi connectivity index (χ1) is 15.4. The summed E-state index contributed by atoms with van der Waals surface area (Å²) in [6.07, 6.45) is 12.2. The average Bonchev–Trinajstić information content (AvgIpc) is 3.47. The number of epoxide rings is 1. The molecule has 11 atom stereocenters. The van der Waals surface area contributed by atoms with E-state index in [1.165, 1.54) is 63.4 Å². The second-order valence-corrected chi connectivity index (χ2v) is 14.8. The summed E-state index contributed by atoms with van der Waals surface area (Å²) in [4.78, 5) is 13.2. The lowest BCUT2D eigenvalue weighted by Crippen LogP contribution is -2.68. The van der Waals surface area contributed by atoms with E-state index in [1.54, 1.807) is 0 Å². The molecule has 1 heterocycles. The van der Waals surface area contributed by atoms with Crippen molar-refractivity contribution < 1.29 is 9.53 Å². The van der Waals surface area contributed by atoms with Crippen LogP contribution in [0.15, 0.2) is 12.2 Å². The number of ether oxygens (including phenoxy) is 1. The van der Waals surface area contributed by atoms with Crippen LogP contribution >= 0.6 is 0 Å².